The smallest absolute Gasteiger partial charge is 0.277 e. The molecule has 0 atom stereocenters. The van der Waals surface area contributed by atoms with E-state index in [0.29, 0.717) is 5.56 Å². The Balaban J connectivity index is 2.37. The van der Waals surface area contributed by atoms with Crippen LogP contribution in [0.1, 0.15) is 12.5 Å². The van der Waals surface area contributed by atoms with Crippen molar-refractivity contribution in [2.24, 2.45) is 0 Å². The van der Waals surface area contributed by atoms with Crippen LogP contribution in [0, 0.1) is 10.1 Å². The van der Waals surface area contributed by atoms with Gasteiger partial charge >= 0.3 is 0 Å². The van der Waals surface area contributed by atoms with Crippen molar-refractivity contribution < 1.29 is 19.3 Å². The van der Waals surface area contributed by atoms with Crippen molar-refractivity contribution in [3.05, 3.63) is 45.6 Å². The number of nitrogens with zero attached hydrogens (tertiary/aromatic N) is 2. The van der Waals surface area contributed by atoms with Crippen molar-refractivity contribution >= 4 is 29.5 Å². The maximum absolute atomic E-state index is 12.0. The summed E-state index contributed by atoms with van der Waals surface area (Å²) in [5.74, 6) is -1.69. The number of carbonyl (C=O) groups excluding carboxylic acids is 3. The molecule has 0 aliphatic carbocycles. The number of piperazine rings is 1. The number of nitrogens with one attached hydrogen (secondary N) is 1. The first kappa shape index (κ1) is 14.4. The van der Waals surface area contributed by atoms with Gasteiger partial charge in [0.15, 0.2) is 0 Å². The highest BCUT2D eigenvalue weighted by Gasteiger charge is 2.30. The van der Waals surface area contributed by atoms with Crippen LogP contribution in [0.15, 0.2) is 30.0 Å². The summed E-state index contributed by atoms with van der Waals surface area (Å²) in [5, 5.41) is 13.1. The maximum Gasteiger partial charge on any atom is 0.277 e. The molecule has 1 aromatic carbocycles. The van der Waals surface area contributed by atoms with Gasteiger partial charge in [-0.3, -0.25) is 29.4 Å². The zero-order chi connectivity index (χ0) is 15.6. The van der Waals surface area contributed by atoms with Gasteiger partial charge in [0.25, 0.3) is 11.6 Å². The Hall–Kier alpha value is -3.03. The molecule has 2 rings (SSSR count). The van der Waals surface area contributed by atoms with E-state index in [1.807, 2.05) is 0 Å². The summed E-state index contributed by atoms with van der Waals surface area (Å²) in [7, 11) is 0. The Morgan fingerprint density at radius 2 is 2.14 bits per heavy atom. The molecule has 108 valence electrons. The molecule has 1 aliphatic heterocycles. The van der Waals surface area contributed by atoms with Gasteiger partial charge in [-0.05, 0) is 11.6 Å². The van der Waals surface area contributed by atoms with E-state index in [-0.39, 0.29) is 17.9 Å². The summed E-state index contributed by atoms with van der Waals surface area (Å²) in [6, 6.07) is 5.58. The highest BCUT2D eigenvalue weighted by molar-refractivity contribution is 6.12. The van der Waals surface area contributed by atoms with E-state index in [1.165, 1.54) is 31.2 Å². The molecular formula is C13H11N3O5. The van der Waals surface area contributed by atoms with Crippen LogP contribution in [0.3, 0.4) is 0 Å². The van der Waals surface area contributed by atoms with Crippen LogP contribution in [0.5, 0.6) is 0 Å². The molecular weight excluding hydrogens is 278 g/mol. The molecule has 0 spiro atoms. The highest BCUT2D eigenvalue weighted by Crippen LogP contribution is 2.17. The molecule has 21 heavy (non-hydrogen) atoms. The second-order valence-electron chi connectivity index (χ2n) is 4.37. The lowest BCUT2D eigenvalue weighted by Gasteiger charge is -2.25. The number of imide groups is 1. The standard InChI is InChI=1S/C13H11N3O5/c1-8(17)15-7-12(18)14-11(13(15)19)6-9-3-2-4-10(5-9)16(20)21/h2-6H,7H2,1H3,(H,14,18). The van der Waals surface area contributed by atoms with Crippen molar-refractivity contribution in [1.82, 2.24) is 10.2 Å². The Morgan fingerprint density at radius 3 is 2.76 bits per heavy atom. The second kappa shape index (κ2) is 5.53. The lowest BCUT2D eigenvalue weighted by Crippen LogP contribution is -2.51. The predicted octanol–water partition coefficient (Wildman–Crippen LogP) is 0.441. The van der Waals surface area contributed by atoms with E-state index in [4.69, 9.17) is 0 Å². The van der Waals surface area contributed by atoms with Gasteiger partial charge in [-0.25, -0.2) is 0 Å². The molecule has 1 fully saturated rings. The third-order valence-electron chi connectivity index (χ3n) is 2.82. The topological polar surface area (TPSA) is 110 Å². The van der Waals surface area contributed by atoms with Crippen LogP contribution >= 0.6 is 0 Å². The number of rotatable bonds is 2. The fourth-order valence-corrected chi connectivity index (χ4v) is 1.85. The average molecular weight is 289 g/mol. The first-order valence-corrected chi connectivity index (χ1v) is 5.97. The minimum Gasteiger partial charge on any atom is -0.320 e. The number of nitro groups is 1. The number of hydrogen-bond donors (Lipinski definition) is 1. The lowest BCUT2D eigenvalue weighted by atomic mass is 10.1. The molecule has 8 heteroatoms. The molecule has 0 unspecified atom stereocenters. The van der Waals surface area contributed by atoms with Crippen LogP contribution < -0.4 is 5.32 Å². The van der Waals surface area contributed by atoms with Gasteiger partial charge in [0.05, 0.1) is 4.92 Å². The Kier molecular flexibility index (Phi) is 3.79. The number of hydrogen-bond acceptors (Lipinski definition) is 5. The monoisotopic (exact) mass is 289 g/mol. The summed E-state index contributed by atoms with van der Waals surface area (Å²) < 4.78 is 0. The second-order valence-corrected chi connectivity index (χ2v) is 4.37. The lowest BCUT2D eigenvalue weighted by molar-refractivity contribution is -0.384. The minimum atomic E-state index is -0.645. The summed E-state index contributed by atoms with van der Waals surface area (Å²) in [6.45, 7) is 0.849. The normalized spacial score (nSPS) is 16.8. The summed E-state index contributed by atoms with van der Waals surface area (Å²) in [5.41, 5.74) is 0.141. The number of nitro benzene ring substituents is 1. The Morgan fingerprint density at radius 1 is 1.43 bits per heavy atom. The third-order valence-corrected chi connectivity index (χ3v) is 2.82. The predicted molar refractivity (Wildman–Crippen MR) is 71.6 cm³/mol. The molecule has 0 bridgehead atoms. The molecule has 1 heterocycles. The van der Waals surface area contributed by atoms with Gasteiger partial charge in [0.1, 0.15) is 12.2 Å². The minimum absolute atomic E-state index is 0.0954. The molecule has 1 saturated heterocycles. The van der Waals surface area contributed by atoms with Gasteiger partial charge in [0, 0.05) is 19.1 Å². The highest BCUT2D eigenvalue weighted by atomic mass is 16.6. The molecule has 1 aromatic rings. The van der Waals surface area contributed by atoms with Gasteiger partial charge in [-0.2, -0.15) is 0 Å². The molecule has 0 aromatic heterocycles. The fourth-order valence-electron chi connectivity index (χ4n) is 1.85. The van der Waals surface area contributed by atoms with Crippen molar-refractivity contribution in [2.75, 3.05) is 6.54 Å². The van der Waals surface area contributed by atoms with Crippen molar-refractivity contribution in [3.63, 3.8) is 0 Å². The number of carbonyl (C=O) groups is 3. The maximum atomic E-state index is 12.0. The van der Waals surface area contributed by atoms with Crippen LogP contribution in [0.2, 0.25) is 0 Å². The molecule has 1 N–H and O–H groups in total. The van der Waals surface area contributed by atoms with Crippen LogP contribution in [0.25, 0.3) is 6.08 Å². The third kappa shape index (κ3) is 3.11. The van der Waals surface area contributed by atoms with Gasteiger partial charge < -0.3 is 5.32 Å². The molecule has 0 saturated carbocycles. The van der Waals surface area contributed by atoms with Gasteiger partial charge in [0.2, 0.25) is 11.8 Å². The Bertz CT molecular complexity index is 680. The largest absolute Gasteiger partial charge is 0.320 e. The summed E-state index contributed by atoms with van der Waals surface area (Å²) >= 11 is 0. The summed E-state index contributed by atoms with van der Waals surface area (Å²) in [4.78, 5) is 45.8. The SMILES string of the molecule is CC(=O)N1CC(=O)NC(=Cc2cccc([N+](=O)[O-])c2)C1=O. The van der Waals surface area contributed by atoms with Gasteiger partial charge in [-0.1, -0.05) is 12.1 Å². The molecule has 8 nitrogen and oxygen atoms in total. The van der Waals surface area contributed by atoms with Crippen molar-refractivity contribution in [1.29, 1.82) is 0 Å². The van der Waals surface area contributed by atoms with E-state index >= 15 is 0 Å². The van der Waals surface area contributed by atoms with E-state index in [9.17, 15) is 24.5 Å². The molecule has 3 amide bonds. The van der Waals surface area contributed by atoms with Crippen LogP contribution in [-0.2, 0) is 14.4 Å². The zero-order valence-electron chi connectivity index (χ0n) is 11.0. The fraction of sp³-hybridized carbons (Fsp3) is 0.154. The van der Waals surface area contributed by atoms with Crippen molar-refractivity contribution in [3.8, 4) is 0 Å². The van der Waals surface area contributed by atoms with E-state index in [0.717, 1.165) is 4.90 Å². The Labute approximate surface area is 119 Å². The van der Waals surface area contributed by atoms with E-state index in [2.05, 4.69) is 5.32 Å². The van der Waals surface area contributed by atoms with E-state index < -0.39 is 22.6 Å². The van der Waals surface area contributed by atoms with Gasteiger partial charge in [-0.15, -0.1) is 0 Å². The average Bonchev–Trinajstić information content (AvgIpc) is 2.42. The first-order valence-electron chi connectivity index (χ1n) is 5.97. The van der Waals surface area contributed by atoms with E-state index in [1.54, 1.807) is 6.07 Å². The number of amides is 3. The summed E-state index contributed by atoms with van der Waals surface area (Å²) in [6.07, 6.45) is 1.29. The molecule has 1 aliphatic rings. The first-order chi connectivity index (χ1) is 9.88. The van der Waals surface area contributed by atoms with Crippen LogP contribution in [-0.4, -0.2) is 34.1 Å². The van der Waals surface area contributed by atoms with Crippen LogP contribution in [0.4, 0.5) is 5.69 Å². The zero-order valence-corrected chi connectivity index (χ0v) is 11.0. The quantitative estimate of drug-likeness (QED) is 0.482. The molecule has 0 radical (unpaired) electrons. The number of benzene rings is 1. The van der Waals surface area contributed by atoms with Crippen molar-refractivity contribution in [2.45, 2.75) is 6.92 Å². The number of non-ortho nitro benzene ring substituents is 1.